The van der Waals surface area contributed by atoms with Gasteiger partial charge in [0, 0.05) is 18.9 Å². The Morgan fingerprint density at radius 1 is 1.13 bits per heavy atom. The fourth-order valence-corrected chi connectivity index (χ4v) is 3.14. The Morgan fingerprint density at radius 2 is 1.91 bits per heavy atom. The van der Waals surface area contributed by atoms with Crippen molar-refractivity contribution in [1.82, 2.24) is 9.88 Å². The monoisotopic (exact) mass is 310 g/mol. The van der Waals surface area contributed by atoms with Crippen LogP contribution in [0.4, 0.5) is 4.39 Å². The number of rotatable bonds is 5. The van der Waals surface area contributed by atoms with Gasteiger partial charge in [-0.2, -0.15) is 0 Å². The van der Waals surface area contributed by atoms with Crippen molar-refractivity contribution in [3.8, 4) is 0 Å². The van der Waals surface area contributed by atoms with Crippen molar-refractivity contribution in [3.05, 3.63) is 71.8 Å². The zero-order valence-electron chi connectivity index (χ0n) is 13.4. The molecular formula is C20H23FN2. The highest BCUT2D eigenvalue weighted by Crippen LogP contribution is 2.21. The topological polar surface area (TPSA) is 16.1 Å². The molecule has 2 heterocycles. The summed E-state index contributed by atoms with van der Waals surface area (Å²) in [7, 11) is 0. The summed E-state index contributed by atoms with van der Waals surface area (Å²) >= 11 is 0. The van der Waals surface area contributed by atoms with Gasteiger partial charge in [-0.3, -0.25) is 9.88 Å². The zero-order chi connectivity index (χ0) is 15.9. The molecule has 1 aromatic carbocycles. The molecule has 1 aromatic heterocycles. The normalized spacial score (nSPS) is 16.9. The molecule has 0 atom stereocenters. The van der Waals surface area contributed by atoms with Crippen LogP contribution in [0, 0.1) is 11.7 Å². The van der Waals surface area contributed by atoms with E-state index in [4.69, 9.17) is 0 Å². The van der Waals surface area contributed by atoms with Gasteiger partial charge in [-0.15, -0.1) is 0 Å². The molecule has 120 valence electrons. The molecule has 3 rings (SSSR count). The van der Waals surface area contributed by atoms with Gasteiger partial charge in [-0.05, 0) is 67.6 Å². The van der Waals surface area contributed by atoms with Crippen LogP contribution in [-0.4, -0.2) is 29.5 Å². The minimum atomic E-state index is -0.183. The molecule has 1 aliphatic heterocycles. The molecule has 0 radical (unpaired) electrons. The number of pyridine rings is 1. The van der Waals surface area contributed by atoms with Crippen molar-refractivity contribution in [2.45, 2.75) is 19.3 Å². The van der Waals surface area contributed by atoms with Gasteiger partial charge < -0.3 is 0 Å². The number of piperidine rings is 1. The maximum Gasteiger partial charge on any atom is 0.123 e. The van der Waals surface area contributed by atoms with E-state index in [0.717, 1.165) is 37.5 Å². The SMILES string of the molecule is Fc1ccc(C=CCN2CCC(Cc3cccnc3)CC2)cc1. The molecule has 3 heteroatoms. The minimum Gasteiger partial charge on any atom is -0.300 e. The van der Waals surface area contributed by atoms with Crippen molar-refractivity contribution < 1.29 is 4.39 Å². The number of benzene rings is 1. The van der Waals surface area contributed by atoms with Crippen molar-refractivity contribution in [2.24, 2.45) is 5.92 Å². The van der Waals surface area contributed by atoms with E-state index in [9.17, 15) is 4.39 Å². The van der Waals surface area contributed by atoms with Gasteiger partial charge in [0.05, 0.1) is 0 Å². The van der Waals surface area contributed by atoms with Crippen molar-refractivity contribution >= 4 is 6.08 Å². The van der Waals surface area contributed by atoms with E-state index in [1.54, 1.807) is 0 Å². The predicted octanol–water partition coefficient (Wildman–Crippen LogP) is 4.19. The highest BCUT2D eigenvalue weighted by Gasteiger charge is 2.18. The van der Waals surface area contributed by atoms with E-state index in [1.165, 1.54) is 30.5 Å². The van der Waals surface area contributed by atoms with Crippen LogP contribution in [-0.2, 0) is 6.42 Å². The molecule has 0 bridgehead atoms. The Kier molecular flexibility index (Phi) is 5.54. The molecule has 2 nitrogen and oxygen atoms in total. The summed E-state index contributed by atoms with van der Waals surface area (Å²) in [6.45, 7) is 3.27. The second-order valence-corrected chi connectivity index (χ2v) is 6.26. The lowest BCUT2D eigenvalue weighted by Gasteiger charge is -2.31. The molecule has 0 N–H and O–H groups in total. The number of halogens is 1. The average molecular weight is 310 g/mol. The molecule has 1 saturated heterocycles. The fraction of sp³-hybridized carbons (Fsp3) is 0.350. The summed E-state index contributed by atoms with van der Waals surface area (Å²) in [6, 6.07) is 10.8. The molecule has 0 spiro atoms. The van der Waals surface area contributed by atoms with Gasteiger partial charge in [0.15, 0.2) is 0 Å². The number of hydrogen-bond acceptors (Lipinski definition) is 2. The third-order valence-electron chi connectivity index (χ3n) is 4.50. The van der Waals surface area contributed by atoms with Gasteiger partial charge in [-0.1, -0.05) is 30.4 Å². The second kappa shape index (κ2) is 8.02. The second-order valence-electron chi connectivity index (χ2n) is 6.26. The smallest absolute Gasteiger partial charge is 0.123 e. The first-order chi connectivity index (χ1) is 11.3. The predicted molar refractivity (Wildman–Crippen MR) is 92.5 cm³/mol. The minimum absolute atomic E-state index is 0.183. The summed E-state index contributed by atoms with van der Waals surface area (Å²) in [6.07, 6.45) is 11.7. The van der Waals surface area contributed by atoms with Gasteiger partial charge in [0.25, 0.3) is 0 Å². The molecule has 1 aliphatic rings. The first-order valence-electron chi connectivity index (χ1n) is 8.33. The molecule has 0 aliphatic carbocycles. The maximum atomic E-state index is 12.9. The van der Waals surface area contributed by atoms with Gasteiger partial charge >= 0.3 is 0 Å². The number of hydrogen-bond donors (Lipinski definition) is 0. The molecule has 0 saturated carbocycles. The van der Waals surface area contributed by atoms with E-state index in [0.29, 0.717) is 0 Å². The van der Waals surface area contributed by atoms with Crippen LogP contribution in [0.2, 0.25) is 0 Å². The number of likely N-dealkylation sites (tertiary alicyclic amines) is 1. The lowest BCUT2D eigenvalue weighted by Crippen LogP contribution is -2.34. The highest BCUT2D eigenvalue weighted by atomic mass is 19.1. The molecule has 1 fully saturated rings. The average Bonchev–Trinajstić information content (AvgIpc) is 2.59. The molecule has 0 unspecified atom stereocenters. The maximum absolute atomic E-state index is 12.9. The summed E-state index contributed by atoms with van der Waals surface area (Å²) < 4.78 is 12.9. The highest BCUT2D eigenvalue weighted by molar-refractivity contribution is 5.48. The van der Waals surface area contributed by atoms with E-state index in [2.05, 4.69) is 28.1 Å². The fourth-order valence-electron chi connectivity index (χ4n) is 3.14. The van der Waals surface area contributed by atoms with Crippen LogP contribution in [0.3, 0.4) is 0 Å². The van der Waals surface area contributed by atoms with Crippen LogP contribution in [0.5, 0.6) is 0 Å². The largest absolute Gasteiger partial charge is 0.300 e. The van der Waals surface area contributed by atoms with E-state index < -0.39 is 0 Å². The quantitative estimate of drug-likeness (QED) is 0.823. The third-order valence-corrected chi connectivity index (χ3v) is 4.50. The van der Waals surface area contributed by atoms with E-state index >= 15 is 0 Å². The van der Waals surface area contributed by atoms with Crippen LogP contribution in [0.1, 0.15) is 24.0 Å². The third kappa shape index (κ3) is 5.00. The lowest BCUT2D eigenvalue weighted by molar-refractivity contribution is 0.200. The standard InChI is InChI=1S/C20H23FN2/c21-20-7-5-17(6-8-20)4-2-12-23-13-9-18(10-14-23)15-19-3-1-11-22-16-19/h1-8,11,16,18H,9-10,12-15H2. The number of nitrogens with zero attached hydrogens (tertiary/aromatic N) is 2. The summed E-state index contributed by atoms with van der Waals surface area (Å²) in [5.41, 5.74) is 2.40. The van der Waals surface area contributed by atoms with Crippen molar-refractivity contribution in [1.29, 1.82) is 0 Å². The first-order valence-corrected chi connectivity index (χ1v) is 8.33. The molecular weight excluding hydrogens is 287 g/mol. The van der Waals surface area contributed by atoms with Crippen LogP contribution < -0.4 is 0 Å². The summed E-state index contributed by atoms with van der Waals surface area (Å²) in [5, 5.41) is 0. The summed E-state index contributed by atoms with van der Waals surface area (Å²) in [4.78, 5) is 6.68. The Bertz CT molecular complexity index is 614. The van der Waals surface area contributed by atoms with E-state index in [1.807, 2.05) is 30.6 Å². The Morgan fingerprint density at radius 3 is 2.61 bits per heavy atom. The molecule has 0 amide bonds. The van der Waals surface area contributed by atoms with Gasteiger partial charge in [0.1, 0.15) is 5.82 Å². The summed E-state index contributed by atoms with van der Waals surface area (Å²) in [5.74, 6) is 0.592. The Hall–Kier alpha value is -2.00. The van der Waals surface area contributed by atoms with Crippen molar-refractivity contribution in [3.63, 3.8) is 0 Å². The zero-order valence-corrected chi connectivity index (χ0v) is 13.4. The molecule has 2 aromatic rings. The van der Waals surface area contributed by atoms with E-state index in [-0.39, 0.29) is 5.82 Å². The Balaban J connectivity index is 1.41. The van der Waals surface area contributed by atoms with Crippen LogP contribution in [0.25, 0.3) is 6.08 Å². The van der Waals surface area contributed by atoms with Gasteiger partial charge in [-0.25, -0.2) is 4.39 Å². The van der Waals surface area contributed by atoms with Crippen LogP contribution in [0.15, 0.2) is 54.9 Å². The Labute approximate surface area is 137 Å². The lowest BCUT2D eigenvalue weighted by atomic mass is 9.91. The first kappa shape index (κ1) is 15.9. The molecule has 23 heavy (non-hydrogen) atoms. The van der Waals surface area contributed by atoms with Crippen LogP contribution >= 0.6 is 0 Å². The van der Waals surface area contributed by atoms with Crippen molar-refractivity contribution in [2.75, 3.05) is 19.6 Å². The number of aromatic nitrogens is 1. The van der Waals surface area contributed by atoms with Gasteiger partial charge in [0.2, 0.25) is 0 Å².